The smallest absolute Gasteiger partial charge is 0.336 e. The van der Waals surface area contributed by atoms with Crippen LogP contribution in [0.5, 0.6) is 17.2 Å². The Morgan fingerprint density at radius 3 is 1.76 bits per heavy atom. The lowest BCUT2D eigenvalue weighted by Gasteiger charge is -2.14. The number of unbranched alkanes of at least 4 members (excludes halogenated alkanes) is 7. The number of ether oxygens (including phenoxy) is 1. The highest BCUT2D eigenvalue weighted by Gasteiger charge is 2.14. The summed E-state index contributed by atoms with van der Waals surface area (Å²) < 4.78 is 5.78. The monoisotopic (exact) mass is 662 g/mol. The summed E-state index contributed by atoms with van der Waals surface area (Å²) in [7, 11) is 0. The molecule has 262 valence electrons. The fourth-order valence-corrected chi connectivity index (χ4v) is 5.12. The molecule has 0 amide bonds. The third-order valence-electron chi connectivity index (χ3n) is 7.84. The third-order valence-corrected chi connectivity index (χ3v) is 7.84. The molecule has 0 unspecified atom stereocenters. The number of rotatable bonds is 23. The predicted octanol–water partition coefficient (Wildman–Crippen LogP) is 12.3. The van der Waals surface area contributed by atoms with Crippen molar-refractivity contribution in [2.75, 3.05) is 0 Å². The molecule has 0 fully saturated rings. The average Bonchev–Trinajstić information content (AvgIpc) is 3.07. The van der Waals surface area contributed by atoms with Gasteiger partial charge in [-0.25, -0.2) is 4.79 Å². The molecular formula is C45H58O4. The molecule has 2 aromatic rings. The van der Waals surface area contributed by atoms with E-state index in [0.29, 0.717) is 18.1 Å². The molecule has 0 heterocycles. The molecule has 0 saturated heterocycles. The third kappa shape index (κ3) is 20.4. The zero-order valence-electron chi connectivity index (χ0n) is 30.0. The summed E-state index contributed by atoms with van der Waals surface area (Å²) in [5, 5.41) is 20.2. The summed E-state index contributed by atoms with van der Waals surface area (Å²) in [5.41, 5.74) is 2.76. The highest BCUT2D eigenvalue weighted by Crippen LogP contribution is 2.33. The Morgan fingerprint density at radius 2 is 1.18 bits per heavy atom. The second-order valence-electron chi connectivity index (χ2n) is 12.6. The van der Waals surface area contributed by atoms with Crippen LogP contribution in [0, 0.1) is 5.92 Å². The van der Waals surface area contributed by atoms with Gasteiger partial charge in [-0.15, -0.1) is 0 Å². The topological polar surface area (TPSA) is 66.8 Å². The van der Waals surface area contributed by atoms with Crippen LogP contribution >= 0.6 is 0 Å². The van der Waals surface area contributed by atoms with E-state index in [4.69, 9.17) is 4.74 Å². The van der Waals surface area contributed by atoms with Crippen molar-refractivity contribution in [1.82, 2.24) is 0 Å². The lowest BCUT2D eigenvalue weighted by Crippen LogP contribution is -2.07. The molecular weight excluding hydrogens is 604 g/mol. The zero-order valence-corrected chi connectivity index (χ0v) is 30.0. The van der Waals surface area contributed by atoms with Gasteiger partial charge in [0.25, 0.3) is 0 Å². The lowest BCUT2D eigenvalue weighted by atomic mass is 9.98. The van der Waals surface area contributed by atoms with Crippen LogP contribution in [0.2, 0.25) is 0 Å². The molecule has 0 aliphatic heterocycles. The van der Waals surface area contributed by atoms with E-state index in [1.807, 2.05) is 103 Å². The number of phenols is 2. The first-order valence-electron chi connectivity index (χ1n) is 18.1. The number of benzene rings is 2. The number of carbonyl (C=O) groups is 1. The van der Waals surface area contributed by atoms with Gasteiger partial charge in [-0.05, 0) is 67.0 Å². The maximum Gasteiger partial charge on any atom is 0.336 e. The number of aryl methyl sites for hydroxylation is 1. The van der Waals surface area contributed by atoms with Gasteiger partial charge in [0.15, 0.2) is 0 Å². The van der Waals surface area contributed by atoms with Crippen LogP contribution < -0.4 is 4.74 Å². The van der Waals surface area contributed by atoms with Gasteiger partial charge in [-0.1, -0.05) is 175 Å². The Kier molecular flexibility index (Phi) is 21.9. The van der Waals surface area contributed by atoms with Gasteiger partial charge in [-0.3, -0.25) is 0 Å². The van der Waals surface area contributed by atoms with Gasteiger partial charge in [0.1, 0.15) is 17.2 Å². The van der Waals surface area contributed by atoms with Crippen molar-refractivity contribution in [3.8, 4) is 17.2 Å². The standard InChI is InChI=1S/C45H58O4/c1-4-5-6-7-8-18-21-24-30-42-43(47)36-40(29-26-27-38(2)3)37-44(42)49-45(48)31-25-22-19-16-14-12-10-9-11-13-15-17-20-23-28-39-32-34-41(46)35-33-39/h9-17,19-20,22-23,25,28,31-38,46-47H,4-8,18,21,24,26-27,29-30H2,1-3H3. The van der Waals surface area contributed by atoms with Gasteiger partial charge in [0, 0.05) is 11.6 Å². The number of hydrogen-bond donors (Lipinski definition) is 2. The molecule has 0 aliphatic rings. The first kappa shape index (κ1) is 40.6. The van der Waals surface area contributed by atoms with E-state index in [1.54, 1.807) is 24.3 Å². The maximum atomic E-state index is 12.7. The molecule has 4 heteroatoms. The summed E-state index contributed by atoms with van der Waals surface area (Å²) in [4.78, 5) is 12.7. The number of phenolic OH excluding ortho intramolecular Hbond substituents is 2. The van der Waals surface area contributed by atoms with Crippen LogP contribution in [-0.4, -0.2) is 16.2 Å². The minimum absolute atomic E-state index is 0.230. The molecule has 0 atom stereocenters. The van der Waals surface area contributed by atoms with Crippen LogP contribution in [0.1, 0.15) is 102 Å². The van der Waals surface area contributed by atoms with Crippen molar-refractivity contribution in [2.24, 2.45) is 5.92 Å². The van der Waals surface area contributed by atoms with Crippen molar-refractivity contribution < 1.29 is 19.7 Å². The summed E-state index contributed by atoms with van der Waals surface area (Å²) in [6.45, 7) is 6.66. The van der Waals surface area contributed by atoms with Crippen LogP contribution in [0.3, 0.4) is 0 Å². The van der Waals surface area contributed by atoms with Gasteiger partial charge in [0.05, 0.1) is 0 Å². The van der Waals surface area contributed by atoms with E-state index in [-0.39, 0.29) is 11.5 Å². The molecule has 2 aromatic carbocycles. The lowest BCUT2D eigenvalue weighted by molar-refractivity contribution is -0.129. The molecule has 0 aromatic heterocycles. The zero-order chi connectivity index (χ0) is 35.4. The highest BCUT2D eigenvalue weighted by atomic mass is 16.5. The predicted molar refractivity (Wildman–Crippen MR) is 209 cm³/mol. The molecule has 0 aliphatic carbocycles. The largest absolute Gasteiger partial charge is 0.508 e. The van der Waals surface area contributed by atoms with E-state index >= 15 is 0 Å². The van der Waals surface area contributed by atoms with Gasteiger partial charge < -0.3 is 14.9 Å². The van der Waals surface area contributed by atoms with E-state index in [9.17, 15) is 15.0 Å². The fraction of sp³-hybridized carbons (Fsp3) is 0.356. The molecule has 0 radical (unpaired) electrons. The molecule has 2 N–H and O–H groups in total. The number of aromatic hydroxyl groups is 2. The van der Waals surface area contributed by atoms with E-state index in [2.05, 4.69) is 20.8 Å². The summed E-state index contributed by atoms with van der Waals surface area (Å²) >= 11 is 0. The SMILES string of the molecule is CCCCCCCCCCc1c(O)cc(CCCC(C)C)cc1OC(=O)C=CC=CC=CC=CC=CC=CC=CC=Cc1ccc(O)cc1. The van der Waals surface area contributed by atoms with Crippen molar-refractivity contribution in [1.29, 1.82) is 0 Å². The van der Waals surface area contributed by atoms with Crippen molar-refractivity contribution in [2.45, 2.75) is 97.8 Å². The second kappa shape index (κ2) is 26.4. The minimum Gasteiger partial charge on any atom is -0.508 e. The Bertz CT molecular complexity index is 1450. The summed E-state index contributed by atoms with van der Waals surface area (Å²) in [6.07, 6.45) is 43.4. The maximum absolute atomic E-state index is 12.7. The molecule has 2 rings (SSSR count). The molecule has 0 bridgehead atoms. The quantitative estimate of drug-likeness (QED) is 0.0408. The number of esters is 1. The molecule has 0 spiro atoms. The van der Waals surface area contributed by atoms with Crippen molar-refractivity contribution in [3.63, 3.8) is 0 Å². The average molecular weight is 663 g/mol. The molecule has 4 nitrogen and oxygen atoms in total. The Morgan fingerprint density at radius 1 is 0.653 bits per heavy atom. The molecule has 49 heavy (non-hydrogen) atoms. The van der Waals surface area contributed by atoms with Crippen molar-refractivity contribution >= 4 is 12.0 Å². The van der Waals surface area contributed by atoms with E-state index in [1.165, 1.54) is 44.6 Å². The van der Waals surface area contributed by atoms with Crippen LogP contribution in [0.4, 0.5) is 0 Å². The Balaban J connectivity index is 1.82. The first-order valence-corrected chi connectivity index (χ1v) is 18.1. The number of allylic oxidation sites excluding steroid dienone is 14. The Hall–Kier alpha value is -4.57. The van der Waals surface area contributed by atoms with Gasteiger partial charge in [-0.2, -0.15) is 0 Å². The van der Waals surface area contributed by atoms with Crippen LogP contribution in [-0.2, 0) is 17.6 Å². The van der Waals surface area contributed by atoms with Crippen LogP contribution in [0.25, 0.3) is 6.08 Å². The number of hydrogen-bond acceptors (Lipinski definition) is 4. The summed E-state index contributed by atoms with van der Waals surface area (Å²) in [5.74, 6) is 1.15. The van der Waals surface area contributed by atoms with E-state index in [0.717, 1.165) is 48.8 Å². The Labute approximate surface area is 296 Å². The van der Waals surface area contributed by atoms with Crippen molar-refractivity contribution in [3.05, 3.63) is 144 Å². The minimum atomic E-state index is -0.453. The van der Waals surface area contributed by atoms with Gasteiger partial charge in [0.2, 0.25) is 0 Å². The van der Waals surface area contributed by atoms with Gasteiger partial charge >= 0.3 is 5.97 Å². The highest BCUT2D eigenvalue weighted by molar-refractivity contribution is 5.84. The van der Waals surface area contributed by atoms with E-state index < -0.39 is 5.97 Å². The molecule has 0 saturated carbocycles. The summed E-state index contributed by atoms with van der Waals surface area (Å²) in [6, 6.07) is 10.8. The first-order chi connectivity index (χ1) is 23.9. The number of carbonyl (C=O) groups excluding carboxylic acids is 1. The van der Waals surface area contributed by atoms with Crippen LogP contribution in [0.15, 0.2) is 128 Å². The fourth-order valence-electron chi connectivity index (χ4n) is 5.12. The normalized spacial score (nSPS) is 12.7. The second-order valence-corrected chi connectivity index (χ2v) is 12.6.